The van der Waals surface area contributed by atoms with Crippen molar-refractivity contribution in [1.29, 1.82) is 0 Å². The van der Waals surface area contributed by atoms with Crippen molar-refractivity contribution in [3.8, 4) is 0 Å². The van der Waals surface area contributed by atoms with Gasteiger partial charge in [-0.05, 0) is 6.42 Å². The second kappa shape index (κ2) is 6.77. The standard InChI is InChI=1S/C14H19N5O5/c1-2-3-8(21)18-12-9-13(16-5-15-12)19(6-17-9)14-11(23)10(22)7(4-20)24-14/h5-7,10-11,14,20,22-23H,2-4H2,1H3,(H,15,16,18,21)/t7-,10-,11-,14-/m1/s1. The molecule has 0 spiro atoms. The van der Waals surface area contributed by atoms with Crippen LogP contribution in [0.5, 0.6) is 0 Å². The summed E-state index contributed by atoms with van der Waals surface area (Å²) < 4.78 is 6.91. The average Bonchev–Trinajstić information content (AvgIpc) is 3.11. The lowest BCUT2D eigenvalue weighted by molar-refractivity contribution is -0.116. The number of amides is 1. The number of imidazole rings is 1. The van der Waals surface area contributed by atoms with Gasteiger partial charge in [0.15, 0.2) is 23.2 Å². The smallest absolute Gasteiger partial charge is 0.225 e. The van der Waals surface area contributed by atoms with E-state index in [0.717, 1.165) is 0 Å². The summed E-state index contributed by atoms with van der Waals surface area (Å²) in [5.41, 5.74) is 0.686. The molecule has 0 radical (unpaired) electrons. The lowest BCUT2D eigenvalue weighted by Crippen LogP contribution is -2.33. The Morgan fingerprint density at radius 2 is 2.12 bits per heavy atom. The number of aromatic nitrogens is 4. The van der Waals surface area contributed by atoms with Gasteiger partial charge < -0.3 is 25.4 Å². The Morgan fingerprint density at radius 3 is 2.79 bits per heavy atom. The zero-order valence-electron chi connectivity index (χ0n) is 13.0. The topological polar surface area (TPSA) is 143 Å². The molecule has 10 nitrogen and oxygen atoms in total. The van der Waals surface area contributed by atoms with Crippen LogP contribution < -0.4 is 5.32 Å². The van der Waals surface area contributed by atoms with Gasteiger partial charge in [0.05, 0.1) is 12.9 Å². The molecule has 1 aliphatic heterocycles. The Balaban J connectivity index is 1.93. The van der Waals surface area contributed by atoms with Gasteiger partial charge in [-0.1, -0.05) is 6.92 Å². The molecule has 1 fully saturated rings. The Bertz CT molecular complexity index is 735. The van der Waals surface area contributed by atoms with Gasteiger partial charge in [0.2, 0.25) is 5.91 Å². The van der Waals surface area contributed by atoms with Crippen LogP contribution in [0.4, 0.5) is 5.82 Å². The molecule has 3 heterocycles. The van der Waals surface area contributed by atoms with Crippen molar-refractivity contribution in [3.63, 3.8) is 0 Å². The number of aliphatic hydroxyl groups excluding tert-OH is 3. The van der Waals surface area contributed by atoms with E-state index in [2.05, 4.69) is 20.3 Å². The van der Waals surface area contributed by atoms with E-state index in [0.29, 0.717) is 24.0 Å². The highest BCUT2D eigenvalue weighted by Gasteiger charge is 2.44. The monoisotopic (exact) mass is 337 g/mol. The highest BCUT2D eigenvalue weighted by Crippen LogP contribution is 2.32. The van der Waals surface area contributed by atoms with E-state index in [9.17, 15) is 20.1 Å². The number of carbonyl (C=O) groups is 1. The molecule has 0 saturated carbocycles. The van der Waals surface area contributed by atoms with Gasteiger partial charge >= 0.3 is 0 Å². The molecule has 1 saturated heterocycles. The summed E-state index contributed by atoms with van der Waals surface area (Å²) in [6.07, 6.45) is -0.587. The van der Waals surface area contributed by atoms with Crippen LogP contribution in [-0.4, -0.2) is 65.7 Å². The van der Waals surface area contributed by atoms with Crippen LogP contribution in [-0.2, 0) is 9.53 Å². The first-order valence-corrected chi connectivity index (χ1v) is 7.66. The van der Waals surface area contributed by atoms with Crippen molar-refractivity contribution >= 4 is 22.9 Å². The maximum Gasteiger partial charge on any atom is 0.225 e. The third-order valence-electron chi connectivity index (χ3n) is 3.88. The van der Waals surface area contributed by atoms with E-state index < -0.39 is 31.1 Å². The molecule has 2 aromatic heterocycles. The van der Waals surface area contributed by atoms with Crippen LogP contribution in [0.25, 0.3) is 11.2 Å². The van der Waals surface area contributed by atoms with Gasteiger partial charge in [0.25, 0.3) is 0 Å². The van der Waals surface area contributed by atoms with Gasteiger partial charge in [-0.25, -0.2) is 15.0 Å². The van der Waals surface area contributed by atoms with E-state index in [1.165, 1.54) is 17.2 Å². The molecule has 2 aromatic rings. The molecular formula is C14H19N5O5. The number of anilines is 1. The second-order valence-corrected chi connectivity index (χ2v) is 5.57. The molecule has 0 aromatic carbocycles. The maximum absolute atomic E-state index is 11.8. The van der Waals surface area contributed by atoms with Crippen molar-refractivity contribution in [2.45, 2.75) is 44.3 Å². The third-order valence-corrected chi connectivity index (χ3v) is 3.88. The molecule has 4 N–H and O–H groups in total. The molecule has 4 atom stereocenters. The van der Waals surface area contributed by atoms with Crippen molar-refractivity contribution < 1.29 is 24.9 Å². The molecule has 0 unspecified atom stereocenters. The number of hydrogen-bond donors (Lipinski definition) is 4. The molecule has 130 valence electrons. The molecule has 3 rings (SSSR count). The Kier molecular flexibility index (Phi) is 4.71. The Morgan fingerprint density at radius 1 is 1.33 bits per heavy atom. The van der Waals surface area contributed by atoms with E-state index >= 15 is 0 Å². The summed E-state index contributed by atoms with van der Waals surface area (Å²) >= 11 is 0. The van der Waals surface area contributed by atoms with Crippen molar-refractivity contribution in [1.82, 2.24) is 19.5 Å². The highest BCUT2D eigenvalue weighted by atomic mass is 16.6. The minimum Gasteiger partial charge on any atom is -0.394 e. The minimum atomic E-state index is -1.24. The summed E-state index contributed by atoms with van der Waals surface area (Å²) in [6, 6.07) is 0. The maximum atomic E-state index is 11.8. The first kappa shape index (κ1) is 16.7. The lowest BCUT2D eigenvalue weighted by Gasteiger charge is -2.16. The fraction of sp³-hybridized carbons (Fsp3) is 0.571. The number of fused-ring (bicyclic) bond motifs is 1. The molecule has 0 aliphatic carbocycles. The predicted octanol–water partition coefficient (Wildman–Crippen LogP) is -0.824. The van der Waals surface area contributed by atoms with Crippen LogP contribution in [0.2, 0.25) is 0 Å². The number of nitrogens with zero attached hydrogens (tertiary/aromatic N) is 4. The second-order valence-electron chi connectivity index (χ2n) is 5.57. The summed E-state index contributed by atoms with van der Waals surface area (Å²) in [6.45, 7) is 1.47. The van der Waals surface area contributed by atoms with Crippen LogP contribution in [0.3, 0.4) is 0 Å². The minimum absolute atomic E-state index is 0.181. The number of nitrogens with one attached hydrogen (secondary N) is 1. The molecule has 1 aliphatic rings. The third kappa shape index (κ3) is 2.84. The molecule has 24 heavy (non-hydrogen) atoms. The molecule has 1 amide bonds. The lowest BCUT2D eigenvalue weighted by atomic mass is 10.1. The van der Waals surface area contributed by atoms with Crippen LogP contribution in [0.1, 0.15) is 26.0 Å². The van der Waals surface area contributed by atoms with Gasteiger partial charge in [-0.3, -0.25) is 9.36 Å². The zero-order chi connectivity index (χ0) is 17.3. The predicted molar refractivity (Wildman–Crippen MR) is 81.9 cm³/mol. The summed E-state index contributed by atoms with van der Waals surface area (Å²) in [7, 11) is 0. The molecular weight excluding hydrogens is 318 g/mol. The number of rotatable bonds is 5. The fourth-order valence-electron chi connectivity index (χ4n) is 2.66. The summed E-state index contributed by atoms with van der Waals surface area (Å²) in [5.74, 6) is 0.0870. The number of ether oxygens (including phenoxy) is 1. The number of hydrogen-bond acceptors (Lipinski definition) is 8. The highest BCUT2D eigenvalue weighted by molar-refractivity contribution is 5.96. The van der Waals surface area contributed by atoms with Crippen molar-refractivity contribution in [2.24, 2.45) is 0 Å². The number of aliphatic hydroxyl groups is 3. The first-order chi connectivity index (χ1) is 11.6. The van der Waals surface area contributed by atoms with Crippen molar-refractivity contribution in [3.05, 3.63) is 12.7 Å². The quantitative estimate of drug-likeness (QED) is 0.554. The van der Waals surface area contributed by atoms with Gasteiger partial charge in [-0.2, -0.15) is 0 Å². The first-order valence-electron chi connectivity index (χ1n) is 7.66. The Hall–Kier alpha value is -2.14. The zero-order valence-corrected chi connectivity index (χ0v) is 13.0. The average molecular weight is 337 g/mol. The van der Waals surface area contributed by atoms with Crippen LogP contribution in [0.15, 0.2) is 12.7 Å². The summed E-state index contributed by atoms with van der Waals surface area (Å²) in [5, 5.41) is 31.9. The fourth-order valence-corrected chi connectivity index (χ4v) is 2.66. The van der Waals surface area contributed by atoms with E-state index in [1.54, 1.807) is 0 Å². The molecule has 10 heteroatoms. The number of carbonyl (C=O) groups excluding carboxylic acids is 1. The van der Waals surface area contributed by atoms with Gasteiger partial charge in [0, 0.05) is 6.42 Å². The normalized spacial score (nSPS) is 26.8. The molecule has 0 bridgehead atoms. The SMILES string of the molecule is CCCC(=O)Nc1ncnc2c1ncn2[C@@H]1O[C@H](CO)[C@@H](O)[C@H]1O. The van der Waals surface area contributed by atoms with Crippen LogP contribution in [0, 0.1) is 0 Å². The summed E-state index contributed by atoms with van der Waals surface area (Å²) in [4.78, 5) is 24.1. The van der Waals surface area contributed by atoms with Gasteiger partial charge in [-0.15, -0.1) is 0 Å². The van der Waals surface area contributed by atoms with Crippen LogP contribution >= 0.6 is 0 Å². The largest absolute Gasteiger partial charge is 0.394 e. The van der Waals surface area contributed by atoms with E-state index in [4.69, 9.17) is 4.74 Å². The van der Waals surface area contributed by atoms with Crippen molar-refractivity contribution in [2.75, 3.05) is 11.9 Å². The van der Waals surface area contributed by atoms with E-state index in [1.807, 2.05) is 6.92 Å². The van der Waals surface area contributed by atoms with Gasteiger partial charge in [0.1, 0.15) is 24.6 Å². The van der Waals surface area contributed by atoms with E-state index in [-0.39, 0.29) is 11.7 Å². The Labute approximate surface area is 137 Å².